The van der Waals surface area contributed by atoms with Crippen molar-refractivity contribution >= 4 is 29.9 Å². The molecule has 0 spiro atoms. The van der Waals surface area contributed by atoms with Crippen LogP contribution in [-0.4, -0.2) is 36.0 Å². The van der Waals surface area contributed by atoms with Gasteiger partial charge in [-0.15, -0.1) is 30.6 Å². The molecule has 0 atom stereocenters. The van der Waals surface area contributed by atoms with Crippen molar-refractivity contribution in [3.05, 3.63) is 54.6 Å². The molecule has 0 radical (unpaired) electrons. The summed E-state index contributed by atoms with van der Waals surface area (Å²) in [4.78, 5) is 11.1. The molecule has 2 aromatic rings. The highest BCUT2D eigenvalue weighted by Crippen LogP contribution is 2.21. The molecule has 1 aromatic carbocycles. The number of aliphatic imine (C=N–C) groups is 1. The third kappa shape index (κ3) is 6.82. The normalized spacial score (nSPS) is 11.0. The molecule has 26 heavy (non-hydrogen) atoms. The molecule has 0 saturated heterocycles. The molecular formula is C20H29IN4O. The minimum atomic E-state index is 0. The van der Waals surface area contributed by atoms with Crippen LogP contribution in [0.1, 0.15) is 31.2 Å². The van der Waals surface area contributed by atoms with Crippen LogP contribution >= 0.6 is 24.0 Å². The highest BCUT2D eigenvalue weighted by Gasteiger charge is 2.08. The largest absolute Gasteiger partial charge is 0.439 e. The van der Waals surface area contributed by atoms with Gasteiger partial charge in [0.2, 0.25) is 5.89 Å². The van der Waals surface area contributed by atoms with Crippen molar-refractivity contribution in [3.8, 4) is 11.3 Å². The molecule has 6 heteroatoms. The Balaban J connectivity index is 0.00000338. The van der Waals surface area contributed by atoms with E-state index in [2.05, 4.69) is 52.8 Å². The van der Waals surface area contributed by atoms with Crippen molar-refractivity contribution in [1.82, 2.24) is 15.2 Å². The Morgan fingerprint density at radius 3 is 2.73 bits per heavy atom. The molecule has 1 heterocycles. The average Bonchev–Trinajstić information content (AvgIpc) is 3.08. The summed E-state index contributed by atoms with van der Waals surface area (Å²) in [6.07, 6.45) is 5.76. The number of aryl methyl sites for hydroxylation is 1. The van der Waals surface area contributed by atoms with Crippen molar-refractivity contribution < 1.29 is 4.42 Å². The van der Waals surface area contributed by atoms with Crippen LogP contribution in [0.4, 0.5) is 0 Å². The molecule has 0 unspecified atom stereocenters. The smallest absolute Gasteiger partial charge is 0.216 e. The van der Waals surface area contributed by atoms with Gasteiger partial charge in [-0.05, 0) is 26.7 Å². The predicted molar refractivity (Wildman–Crippen MR) is 119 cm³/mol. The van der Waals surface area contributed by atoms with Gasteiger partial charge in [0.05, 0.1) is 6.20 Å². The maximum Gasteiger partial charge on any atom is 0.216 e. The Morgan fingerprint density at radius 1 is 1.35 bits per heavy atom. The Hall–Kier alpha value is -1.83. The molecule has 0 amide bonds. The van der Waals surface area contributed by atoms with E-state index in [-0.39, 0.29) is 24.0 Å². The quantitative estimate of drug-likeness (QED) is 0.202. The molecule has 0 aliphatic carbocycles. The number of rotatable bonds is 8. The lowest BCUT2D eigenvalue weighted by Gasteiger charge is -2.21. The molecule has 0 bridgehead atoms. The van der Waals surface area contributed by atoms with E-state index in [0.717, 1.165) is 43.2 Å². The van der Waals surface area contributed by atoms with Crippen molar-refractivity contribution in [2.24, 2.45) is 4.99 Å². The first-order chi connectivity index (χ1) is 12.1. The standard InChI is InChI=1S/C20H28N4O.HI/c1-5-7-8-13-24(4)20(21-6-2)23-15-19-22-14-18(25-19)17-11-9-16(3)10-12-17;/h5,9-12,14H,1,6-8,13,15H2,2-4H3,(H,21,23);1H. The number of nitrogens with zero attached hydrogens (tertiary/aromatic N) is 3. The number of nitrogens with one attached hydrogen (secondary N) is 1. The van der Waals surface area contributed by atoms with Crippen LogP contribution < -0.4 is 5.32 Å². The first-order valence-corrected chi connectivity index (χ1v) is 8.76. The van der Waals surface area contributed by atoms with Crippen LogP contribution in [0.5, 0.6) is 0 Å². The summed E-state index contributed by atoms with van der Waals surface area (Å²) in [5.74, 6) is 2.25. The number of unbranched alkanes of at least 4 members (excludes halogenated alkanes) is 1. The van der Waals surface area contributed by atoms with Crippen molar-refractivity contribution in [2.75, 3.05) is 20.1 Å². The summed E-state index contributed by atoms with van der Waals surface area (Å²) in [7, 11) is 2.04. The number of benzene rings is 1. The zero-order chi connectivity index (χ0) is 18.1. The van der Waals surface area contributed by atoms with Crippen LogP contribution in [0, 0.1) is 6.92 Å². The van der Waals surface area contributed by atoms with Crippen LogP contribution in [0.3, 0.4) is 0 Å². The highest BCUT2D eigenvalue weighted by atomic mass is 127. The fourth-order valence-corrected chi connectivity index (χ4v) is 2.43. The third-order valence-electron chi connectivity index (χ3n) is 3.85. The number of aromatic nitrogens is 1. The lowest BCUT2D eigenvalue weighted by molar-refractivity contribution is 0.464. The molecule has 0 aliphatic heterocycles. The molecule has 0 aliphatic rings. The summed E-state index contributed by atoms with van der Waals surface area (Å²) < 4.78 is 5.84. The second-order valence-corrected chi connectivity index (χ2v) is 6.01. The van der Waals surface area contributed by atoms with Crippen molar-refractivity contribution in [1.29, 1.82) is 0 Å². The fourth-order valence-electron chi connectivity index (χ4n) is 2.43. The Labute approximate surface area is 173 Å². The van der Waals surface area contributed by atoms with E-state index in [1.165, 1.54) is 5.56 Å². The summed E-state index contributed by atoms with van der Waals surface area (Å²) in [6, 6.07) is 8.22. The lowest BCUT2D eigenvalue weighted by Crippen LogP contribution is -2.39. The molecular weight excluding hydrogens is 439 g/mol. The number of halogens is 1. The van der Waals surface area contributed by atoms with Crippen molar-refractivity contribution in [2.45, 2.75) is 33.2 Å². The van der Waals surface area contributed by atoms with E-state index in [4.69, 9.17) is 4.42 Å². The Bertz CT molecular complexity index is 694. The summed E-state index contributed by atoms with van der Waals surface area (Å²) >= 11 is 0. The summed E-state index contributed by atoms with van der Waals surface area (Å²) in [6.45, 7) is 10.1. The number of hydrogen-bond donors (Lipinski definition) is 1. The molecule has 0 fully saturated rings. The van der Waals surface area contributed by atoms with Crippen LogP contribution in [0.15, 0.2) is 52.5 Å². The highest BCUT2D eigenvalue weighted by molar-refractivity contribution is 14.0. The van der Waals surface area contributed by atoms with Gasteiger partial charge in [-0.25, -0.2) is 9.98 Å². The minimum absolute atomic E-state index is 0. The fraction of sp³-hybridized carbons (Fsp3) is 0.400. The molecule has 0 saturated carbocycles. The second kappa shape index (κ2) is 11.7. The third-order valence-corrected chi connectivity index (χ3v) is 3.85. The second-order valence-electron chi connectivity index (χ2n) is 6.01. The van der Waals surface area contributed by atoms with Gasteiger partial charge in [-0.1, -0.05) is 35.9 Å². The lowest BCUT2D eigenvalue weighted by atomic mass is 10.1. The molecule has 2 rings (SSSR count). The molecule has 142 valence electrons. The van der Waals surface area contributed by atoms with E-state index in [0.29, 0.717) is 12.4 Å². The van der Waals surface area contributed by atoms with Gasteiger partial charge in [-0.2, -0.15) is 0 Å². The van der Waals surface area contributed by atoms with E-state index in [1.54, 1.807) is 6.20 Å². The zero-order valence-corrected chi connectivity index (χ0v) is 18.2. The monoisotopic (exact) mass is 468 g/mol. The summed E-state index contributed by atoms with van der Waals surface area (Å²) in [5, 5.41) is 3.30. The summed E-state index contributed by atoms with van der Waals surface area (Å²) in [5.41, 5.74) is 2.25. The number of oxazole rings is 1. The van der Waals surface area contributed by atoms with Gasteiger partial charge in [0.25, 0.3) is 0 Å². The Morgan fingerprint density at radius 2 is 2.08 bits per heavy atom. The average molecular weight is 468 g/mol. The molecule has 1 N–H and O–H groups in total. The van der Waals surface area contributed by atoms with E-state index in [9.17, 15) is 0 Å². The topological polar surface area (TPSA) is 53.7 Å². The zero-order valence-electron chi connectivity index (χ0n) is 15.9. The maximum atomic E-state index is 5.84. The first-order valence-electron chi connectivity index (χ1n) is 8.76. The van der Waals surface area contributed by atoms with E-state index >= 15 is 0 Å². The predicted octanol–water partition coefficient (Wildman–Crippen LogP) is 4.63. The van der Waals surface area contributed by atoms with E-state index in [1.807, 2.05) is 25.3 Å². The van der Waals surface area contributed by atoms with Gasteiger partial charge in [-0.3, -0.25) is 0 Å². The van der Waals surface area contributed by atoms with Gasteiger partial charge in [0.1, 0.15) is 6.54 Å². The number of guanidine groups is 1. The maximum absolute atomic E-state index is 5.84. The van der Waals surface area contributed by atoms with Crippen LogP contribution in [-0.2, 0) is 6.54 Å². The number of hydrogen-bond acceptors (Lipinski definition) is 3. The van der Waals surface area contributed by atoms with Gasteiger partial charge in [0.15, 0.2) is 11.7 Å². The number of allylic oxidation sites excluding steroid dienone is 1. The van der Waals surface area contributed by atoms with Gasteiger partial charge in [0, 0.05) is 25.7 Å². The van der Waals surface area contributed by atoms with Crippen LogP contribution in [0.25, 0.3) is 11.3 Å². The van der Waals surface area contributed by atoms with Gasteiger partial charge >= 0.3 is 0 Å². The van der Waals surface area contributed by atoms with Crippen molar-refractivity contribution in [3.63, 3.8) is 0 Å². The first kappa shape index (κ1) is 22.2. The Kier molecular flexibility index (Phi) is 10.0. The van der Waals surface area contributed by atoms with E-state index < -0.39 is 0 Å². The van der Waals surface area contributed by atoms with Gasteiger partial charge < -0.3 is 14.6 Å². The minimum Gasteiger partial charge on any atom is -0.439 e. The molecule has 5 nitrogen and oxygen atoms in total. The van der Waals surface area contributed by atoms with Crippen LogP contribution in [0.2, 0.25) is 0 Å². The SMILES string of the molecule is C=CCCCN(C)C(=NCc1ncc(-c2ccc(C)cc2)o1)NCC.I. The molecule has 1 aromatic heterocycles.